The average molecular weight is 254 g/mol. The second kappa shape index (κ2) is 5.22. The summed E-state index contributed by atoms with van der Waals surface area (Å²) in [4.78, 5) is 16.3. The third-order valence-corrected chi connectivity index (χ3v) is 3.25. The van der Waals surface area contributed by atoms with Crippen molar-refractivity contribution in [2.24, 2.45) is 0 Å². The Morgan fingerprint density at radius 3 is 2.32 bits per heavy atom. The smallest absolute Gasteiger partial charge is 0.185 e. The van der Waals surface area contributed by atoms with E-state index in [4.69, 9.17) is 5.73 Å². The predicted octanol–water partition coefficient (Wildman–Crippen LogP) is 3.01. The Kier molecular flexibility index (Phi) is 3.65. The molecule has 3 nitrogen and oxygen atoms in total. The highest BCUT2D eigenvalue weighted by Crippen LogP contribution is 2.18. The maximum Gasteiger partial charge on any atom is 0.185 e. The van der Waals surface area contributed by atoms with E-state index in [1.165, 1.54) is 11.8 Å². The standard InChI is InChI=1S/C16H18N2O/c1-10-6-11(2)14(12(3)7-10)8-16(19)15-5-4-13(17)9-18-15/h4-7,9H,8,17H2,1-3H3. The molecule has 0 bridgehead atoms. The molecule has 3 heteroatoms. The lowest BCUT2D eigenvalue weighted by molar-refractivity contribution is 0.0988. The number of hydrogen-bond acceptors (Lipinski definition) is 3. The molecule has 0 atom stereocenters. The first-order chi connectivity index (χ1) is 8.97. The van der Waals surface area contributed by atoms with Crippen LogP contribution in [0.1, 0.15) is 32.7 Å². The van der Waals surface area contributed by atoms with Crippen LogP contribution in [-0.4, -0.2) is 10.8 Å². The van der Waals surface area contributed by atoms with Crippen LogP contribution in [-0.2, 0) is 6.42 Å². The number of rotatable bonds is 3. The highest BCUT2D eigenvalue weighted by atomic mass is 16.1. The van der Waals surface area contributed by atoms with Gasteiger partial charge in [-0.05, 0) is 49.6 Å². The normalized spacial score (nSPS) is 10.5. The van der Waals surface area contributed by atoms with Crippen molar-refractivity contribution in [2.75, 3.05) is 5.73 Å². The van der Waals surface area contributed by atoms with Gasteiger partial charge in [0.2, 0.25) is 0 Å². The number of nitrogen functional groups attached to an aromatic ring is 1. The number of aromatic nitrogens is 1. The molecule has 98 valence electrons. The summed E-state index contributed by atoms with van der Waals surface area (Å²) in [6.07, 6.45) is 1.90. The van der Waals surface area contributed by atoms with Crippen LogP contribution in [0.4, 0.5) is 5.69 Å². The lowest BCUT2D eigenvalue weighted by Crippen LogP contribution is -2.08. The summed E-state index contributed by atoms with van der Waals surface area (Å²) in [6, 6.07) is 7.59. The van der Waals surface area contributed by atoms with E-state index in [0.29, 0.717) is 17.8 Å². The van der Waals surface area contributed by atoms with Crippen molar-refractivity contribution < 1.29 is 4.79 Å². The van der Waals surface area contributed by atoms with Crippen LogP contribution in [0.5, 0.6) is 0 Å². The van der Waals surface area contributed by atoms with Crippen LogP contribution in [0.15, 0.2) is 30.5 Å². The minimum Gasteiger partial charge on any atom is -0.397 e. The number of nitrogens with two attached hydrogens (primary N) is 1. The zero-order valence-corrected chi connectivity index (χ0v) is 11.5. The molecule has 1 heterocycles. The Morgan fingerprint density at radius 2 is 1.79 bits per heavy atom. The first-order valence-electron chi connectivity index (χ1n) is 6.29. The first kappa shape index (κ1) is 13.3. The summed E-state index contributed by atoms with van der Waals surface area (Å²) in [5.41, 5.74) is 11.2. The Labute approximate surface area is 113 Å². The summed E-state index contributed by atoms with van der Waals surface area (Å²) in [6.45, 7) is 6.14. The van der Waals surface area contributed by atoms with Gasteiger partial charge >= 0.3 is 0 Å². The minimum absolute atomic E-state index is 0.0232. The average Bonchev–Trinajstić information content (AvgIpc) is 2.34. The van der Waals surface area contributed by atoms with Crippen LogP contribution < -0.4 is 5.73 Å². The van der Waals surface area contributed by atoms with Crippen LogP contribution >= 0.6 is 0 Å². The number of Topliss-reactive ketones (excluding diaryl/α,β-unsaturated/α-hetero) is 1. The summed E-state index contributed by atoms with van der Waals surface area (Å²) < 4.78 is 0. The molecule has 0 aliphatic carbocycles. The summed E-state index contributed by atoms with van der Waals surface area (Å²) in [5, 5.41) is 0. The quantitative estimate of drug-likeness (QED) is 0.857. The Balaban J connectivity index is 2.26. The van der Waals surface area contributed by atoms with Gasteiger partial charge in [-0.15, -0.1) is 0 Å². The van der Waals surface area contributed by atoms with Crippen molar-refractivity contribution in [3.05, 3.63) is 58.4 Å². The minimum atomic E-state index is 0.0232. The van der Waals surface area contributed by atoms with Gasteiger partial charge in [-0.1, -0.05) is 17.7 Å². The van der Waals surface area contributed by atoms with Gasteiger partial charge in [0, 0.05) is 6.42 Å². The van der Waals surface area contributed by atoms with E-state index in [0.717, 1.165) is 16.7 Å². The third kappa shape index (κ3) is 2.99. The molecule has 19 heavy (non-hydrogen) atoms. The van der Waals surface area contributed by atoms with E-state index in [1.807, 2.05) is 13.8 Å². The van der Waals surface area contributed by atoms with Crippen molar-refractivity contribution in [1.29, 1.82) is 0 Å². The molecular formula is C16H18N2O. The van der Waals surface area contributed by atoms with Gasteiger partial charge in [-0.3, -0.25) is 9.78 Å². The Hall–Kier alpha value is -2.16. The number of pyridine rings is 1. The first-order valence-corrected chi connectivity index (χ1v) is 6.29. The van der Waals surface area contributed by atoms with E-state index < -0.39 is 0 Å². The van der Waals surface area contributed by atoms with E-state index in [1.54, 1.807) is 12.1 Å². The number of aryl methyl sites for hydroxylation is 3. The third-order valence-electron chi connectivity index (χ3n) is 3.25. The fourth-order valence-electron chi connectivity index (χ4n) is 2.31. The van der Waals surface area contributed by atoms with E-state index >= 15 is 0 Å². The molecule has 0 saturated heterocycles. The van der Waals surface area contributed by atoms with Crippen molar-refractivity contribution in [2.45, 2.75) is 27.2 Å². The maximum absolute atomic E-state index is 12.2. The predicted molar refractivity (Wildman–Crippen MR) is 77.3 cm³/mol. The molecule has 2 rings (SSSR count). The highest BCUT2D eigenvalue weighted by molar-refractivity contribution is 5.96. The van der Waals surface area contributed by atoms with Crippen molar-refractivity contribution in [3.8, 4) is 0 Å². The summed E-state index contributed by atoms with van der Waals surface area (Å²) in [7, 11) is 0. The lowest BCUT2D eigenvalue weighted by Gasteiger charge is -2.10. The topological polar surface area (TPSA) is 56.0 Å². The number of carbonyl (C=O) groups is 1. The molecule has 0 spiro atoms. The molecule has 0 amide bonds. The molecule has 0 aliphatic rings. The molecule has 0 fully saturated rings. The fourth-order valence-corrected chi connectivity index (χ4v) is 2.31. The molecule has 2 N–H and O–H groups in total. The van der Waals surface area contributed by atoms with Gasteiger partial charge in [-0.25, -0.2) is 0 Å². The van der Waals surface area contributed by atoms with E-state index in [2.05, 4.69) is 24.0 Å². The maximum atomic E-state index is 12.2. The number of hydrogen-bond donors (Lipinski definition) is 1. The molecule has 0 unspecified atom stereocenters. The molecule has 0 radical (unpaired) electrons. The molecule has 0 aliphatic heterocycles. The molecular weight excluding hydrogens is 236 g/mol. The SMILES string of the molecule is Cc1cc(C)c(CC(=O)c2ccc(N)cn2)c(C)c1. The second-order valence-corrected chi connectivity index (χ2v) is 4.95. The van der Waals surface area contributed by atoms with Gasteiger partial charge in [0.1, 0.15) is 5.69 Å². The fraction of sp³-hybridized carbons (Fsp3) is 0.250. The molecule has 2 aromatic rings. The highest BCUT2D eigenvalue weighted by Gasteiger charge is 2.12. The van der Waals surface area contributed by atoms with Crippen LogP contribution in [0.25, 0.3) is 0 Å². The Morgan fingerprint density at radius 1 is 1.16 bits per heavy atom. The van der Waals surface area contributed by atoms with Gasteiger partial charge in [0.05, 0.1) is 11.9 Å². The number of anilines is 1. The van der Waals surface area contributed by atoms with E-state index in [-0.39, 0.29) is 5.78 Å². The van der Waals surface area contributed by atoms with Crippen molar-refractivity contribution in [1.82, 2.24) is 4.98 Å². The van der Waals surface area contributed by atoms with Gasteiger partial charge < -0.3 is 5.73 Å². The molecule has 0 saturated carbocycles. The number of nitrogens with zero attached hydrogens (tertiary/aromatic N) is 1. The van der Waals surface area contributed by atoms with Crippen molar-refractivity contribution >= 4 is 11.5 Å². The van der Waals surface area contributed by atoms with Gasteiger partial charge in [-0.2, -0.15) is 0 Å². The number of carbonyl (C=O) groups excluding carboxylic acids is 1. The zero-order valence-electron chi connectivity index (χ0n) is 11.5. The van der Waals surface area contributed by atoms with Crippen molar-refractivity contribution in [3.63, 3.8) is 0 Å². The largest absolute Gasteiger partial charge is 0.397 e. The lowest BCUT2D eigenvalue weighted by atomic mass is 9.95. The summed E-state index contributed by atoms with van der Waals surface area (Å²) >= 11 is 0. The number of ketones is 1. The number of benzene rings is 1. The van der Waals surface area contributed by atoms with E-state index in [9.17, 15) is 4.79 Å². The molecule has 1 aromatic carbocycles. The van der Waals surface area contributed by atoms with Crippen LogP contribution in [0.2, 0.25) is 0 Å². The van der Waals surface area contributed by atoms with Gasteiger partial charge in [0.25, 0.3) is 0 Å². The summed E-state index contributed by atoms with van der Waals surface area (Å²) in [5.74, 6) is 0.0232. The molecule has 1 aromatic heterocycles. The zero-order chi connectivity index (χ0) is 14.0. The van der Waals surface area contributed by atoms with Crippen LogP contribution in [0.3, 0.4) is 0 Å². The monoisotopic (exact) mass is 254 g/mol. The second-order valence-electron chi connectivity index (χ2n) is 4.95. The van der Waals surface area contributed by atoms with Gasteiger partial charge in [0.15, 0.2) is 5.78 Å². The van der Waals surface area contributed by atoms with Crippen LogP contribution in [0, 0.1) is 20.8 Å². The Bertz CT molecular complexity index is 592.